The van der Waals surface area contributed by atoms with E-state index in [9.17, 15) is 19.8 Å². The molecule has 390 valence electrons. The van der Waals surface area contributed by atoms with E-state index in [1.165, 1.54) is 244 Å². The van der Waals surface area contributed by atoms with Crippen molar-refractivity contribution < 1.29 is 24.5 Å². The number of unbranched alkanes of at least 4 members (excludes halogenated alkanes) is 40. The molecule has 6 nitrogen and oxygen atoms in total. The number of hydrogen-bond donors (Lipinski definition) is 3. The van der Waals surface area contributed by atoms with Crippen molar-refractivity contribution in [3.05, 3.63) is 24.3 Å². The van der Waals surface area contributed by atoms with E-state index in [0.717, 1.165) is 44.9 Å². The highest BCUT2D eigenvalue weighted by atomic mass is 16.5. The molecule has 66 heavy (non-hydrogen) atoms. The highest BCUT2D eigenvalue weighted by molar-refractivity contribution is 5.76. The number of hydrogen-bond acceptors (Lipinski definition) is 5. The van der Waals surface area contributed by atoms with E-state index in [2.05, 4.69) is 43.5 Å². The van der Waals surface area contributed by atoms with Crippen LogP contribution in [0.25, 0.3) is 0 Å². The van der Waals surface area contributed by atoms with Crippen LogP contribution in [0.15, 0.2) is 24.3 Å². The van der Waals surface area contributed by atoms with Gasteiger partial charge in [0.2, 0.25) is 5.91 Å². The van der Waals surface area contributed by atoms with Crippen LogP contribution in [0.3, 0.4) is 0 Å². The van der Waals surface area contributed by atoms with Crippen molar-refractivity contribution in [2.45, 2.75) is 334 Å². The molecule has 0 spiro atoms. The number of aliphatic hydroxyl groups is 2. The van der Waals surface area contributed by atoms with Crippen molar-refractivity contribution in [2.24, 2.45) is 0 Å². The zero-order chi connectivity index (χ0) is 47.9. The molecule has 0 aliphatic heterocycles. The maximum absolute atomic E-state index is 12.4. The molecule has 0 bridgehead atoms. The second-order valence-corrected chi connectivity index (χ2v) is 20.3. The Kier molecular flexibility index (Phi) is 54.5. The van der Waals surface area contributed by atoms with E-state index in [1.807, 2.05) is 0 Å². The molecule has 0 saturated heterocycles. The number of rotatable bonds is 55. The van der Waals surface area contributed by atoms with Gasteiger partial charge >= 0.3 is 5.97 Å². The van der Waals surface area contributed by atoms with Crippen LogP contribution >= 0.6 is 0 Å². The summed E-state index contributed by atoms with van der Waals surface area (Å²) in [4.78, 5) is 24.5. The SMILES string of the molecule is CCCCCCCC/C=C\CCCCCCCCCC(=O)OCCCCCCCCCCCCC/C=C\CCCCCCCCCC(=O)NC(CO)C(O)CCCCCCCCCCCC. The maximum Gasteiger partial charge on any atom is 0.305 e. The molecule has 2 atom stereocenters. The van der Waals surface area contributed by atoms with Crippen LogP contribution in [-0.2, 0) is 14.3 Å². The van der Waals surface area contributed by atoms with Gasteiger partial charge in [-0.3, -0.25) is 9.59 Å². The smallest absolute Gasteiger partial charge is 0.305 e. The summed E-state index contributed by atoms with van der Waals surface area (Å²) in [6, 6.07) is -0.544. The van der Waals surface area contributed by atoms with E-state index >= 15 is 0 Å². The number of amides is 1. The fourth-order valence-corrected chi connectivity index (χ4v) is 9.16. The van der Waals surface area contributed by atoms with Gasteiger partial charge in [-0.2, -0.15) is 0 Å². The number of nitrogens with one attached hydrogen (secondary N) is 1. The van der Waals surface area contributed by atoms with E-state index in [0.29, 0.717) is 25.9 Å². The van der Waals surface area contributed by atoms with Gasteiger partial charge in [0.05, 0.1) is 25.4 Å². The average molecular weight is 931 g/mol. The highest BCUT2D eigenvalue weighted by Crippen LogP contribution is 2.17. The lowest BCUT2D eigenvalue weighted by atomic mass is 10.0. The van der Waals surface area contributed by atoms with Crippen LogP contribution in [0.5, 0.6) is 0 Å². The molecule has 0 fully saturated rings. The second kappa shape index (κ2) is 55.9. The van der Waals surface area contributed by atoms with Gasteiger partial charge in [-0.15, -0.1) is 0 Å². The molecule has 6 heteroatoms. The van der Waals surface area contributed by atoms with Gasteiger partial charge in [0.25, 0.3) is 0 Å². The summed E-state index contributed by atoms with van der Waals surface area (Å²) in [7, 11) is 0. The van der Waals surface area contributed by atoms with Gasteiger partial charge < -0.3 is 20.3 Å². The van der Waals surface area contributed by atoms with Crippen molar-refractivity contribution in [3.63, 3.8) is 0 Å². The first-order valence-electron chi connectivity index (χ1n) is 29.6. The first-order valence-corrected chi connectivity index (χ1v) is 29.6. The average Bonchev–Trinajstić information content (AvgIpc) is 3.32. The zero-order valence-electron chi connectivity index (χ0n) is 44.4. The molecular weight excluding hydrogens is 815 g/mol. The lowest BCUT2D eigenvalue weighted by molar-refractivity contribution is -0.143. The Morgan fingerprint density at radius 1 is 0.409 bits per heavy atom. The van der Waals surface area contributed by atoms with Crippen molar-refractivity contribution in [1.82, 2.24) is 5.32 Å². The number of carbonyl (C=O) groups is 2. The number of carbonyl (C=O) groups excluding carboxylic acids is 2. The predicted octanol–water partition coefficient (Wildman–Crippen LogP) is 18.2. The van der Waals surface area contributed by atoms with Crippen LogP contribution in [0.4, 0.5) is 0 Å². The molecule has 0 radical (unpaired) electrons. The molecule has 0 rings (SSSR count). The van der Waals surface area contributed by atoms with Gasteiger partial charge in [0.1, 0.15) is 0 Å². The Morgan fingerprint density at radius 3 is 1.08 bits per heavy atom. The van der Waals surface area contributed by atoms with Crippen LogP contribution in [-0.4, -0.2) is 47.4 Å². The second-order valence-electron chi connectivity index (χ2n) is 20.3. The van der Waals surface area contributed by atoms with E-state index < -0.39 is 12.1 Å². The maximum atomic E-state index is 12.4. The minimum absolute atomic E-state index is 0.00668. The summed E-state index contributed by atoms with van der Waals surface area (Å²) in [6.07, 6.45) is 67.5. The quantitative estimate of drug-likeness (QED) is 0.0321. The van der Waals surface area contributed by atoms with E-state index in [-0.39, 0.29) is 18.5 Å². The van der Waals surface area contributed by atoms with Crippen LogP contribution in [0.1, 0.15) is 322 Å². The Balaban J connectivity index is 3.38. The lowest BCUT2D eigenvalue weighted by Gasteiger charge is -2.22. The minimum Gasteiger partial charge on any atom is -0.466 e. The molecule has 0 aromatic carbocycles. The fourth-order valence-electron chi connectivity index (χ4n) is 9.16. The Bertz CT molecular complexity index is 1030. The zero-order valence-corrected chi connectivity index (χ0v) is 44.4. The summed E-state index contributed by atoms with van der Waals surface area (Å²) < 4.78 is 5.49. The van der Waals surface area contributed by atoms with Gasteiger partial charge in [-0.25, -0.2) is 0 Å². The monoisotopic (exact) mass is 930 g/mol. The highest BCUT2D eigenvalue weighted by Gasteiger charge is 2.20. The fraction of sp³-hybridized carbons (Fsp3) is 0.900. The normalized spacial score (nSPS) is 12.7. The number of aliphatic hydroxyl groups excluding tert-OH is 2. The topological polar surface area (TPSA) is 95.9 Å². The van der Waals surface area contributed by atoms with Gasteiger partial charge in [-0.1, -0.05) is 256 Å². The molecule has 0 heterocycles. The Morgan fingerprint density at radius 2 is 0.712 bits per heavy atom. The molecule has 0 aliphatic rings. The largest absolute Gasteiger partial charge is 0.466 e. The summed E-state index contributed by atoms with van der Waals surface area (Å²) in [5.74, 6) is -0.0365. The van der Waals surface area contributed by atoms with Crippen LogP contribution in [0, 0.1) is 0 Å². The number of ether oxygens (including phenoxy) is 1. The number of esters is 1. The Hall–Kier alpha value is -1.66. The van der Waals surface area contributed by atoms with Crippen molar-refractivity contribution in [2.75, 3.05) is 13.2 Å². The summed E-state index contributed by atoms with van der Waals surface area (Å²) in [6.45, 7) is 4.94. The molecule has 1 amide bonds. The van der Waals surface area contributed by atoms with E-state index in [1.54, 1.807) is 0 Å². The first-order chi connectivity index (χ1) is 32.5. The molecule has 0 aliphatic carbocycles. The third-order valence-corrected chi connectivity index (χ3v) is 13.7. The molecular formula is C60H115NO5. The molecule has 0 saturated carbocycles. The Labute approximate surface area is 411 Å². The molecule has 0 aromatic heterocycles. The molecule has 0 aromatic rings. The van der Waals surface area contributed by atoms with Crippen LogP contribution < -0.4 is 5.32 Å². The molecule has 3 N–H and O–H groups in total. The minimum atomic E-state index is -0.666. The first kappa shape index (κ1) is 64.3. The standard InChI is InChI=1S/C60H115NO5/c1-3-5-7-9-11-13-15-16-17-24-28-31-34-38-42-46-50-54-60(65)66-55-51-47-43-39-35-32-29-26-23-21-19-18-20-22-25-27-30-33-37-41-45-49-53-59(64)61-57(56-62)58(63)52-48-44-40-36-14-12-10-8-6-4-2/h16-17,20,22,57-58,62-63H,3-15,18-19,21,23-56H2,1-2H3,(H,61,64)/b17-16-,22-20-. The van der Waals surface area contributed by atoms with E-state index in [4.69, 9.17) is 4.74 Å². The van der Waals surface area contributed by atoms with Gasteiger partial charge in [0, 0.05) is 12.8 Å². The van der Waals surface area contributed by atoms with Crippen molar-refractivity contribution in [1.29, 1.82) is 0 Å². The van der Waals surface area contributed by atoms with Gasteiger partial charge in [-0.05, 0) is 77.0 Å². The summed E-state index contributed by atoms with van der Waals surface area (Å²) in [5, 5.41) is 23.1. The lowest BCUT2D eigenvalue weighted by Crippen LogP contribution is -2.45. The van der Waals surface area contributed by atoms with Crippen molar-refractivity contribution in [3.8, 4) is 0 Å². The number of allylic oxidation sites excluding steroid dienone is 4. The van der Waals surface area contributed by atoms with Crippen LogP contribution in [0.2, 0.25) is 0 Å². The third kappa shape index (κ3) is 51.7. The van der Waals surface area contributed by atoms with Crippen molar-refractivity contribution >= 4 is 11.9 Å². The summed E-state index contributed by atoms with van der Waals surface area (Å²) >= 11 is 0. The predicted molar refractivity (Wildman–Crippen MR) is 287 cm³/mol. The third-order valence-electron chi connectivity index (χ3n) is 13.7. The van der Waals surface area contributed by atoms with Gasteiger partial charge in [0.15, 0.2) is 0 Å². The molecule has 2 unspecified atom stereocenters. The summed E-state index contributed by atoms with van der Waals surface area (Å²) in [5.41, 5.74) is 0.